The van der Waals surface area contributed by atoms with Crippen molar-refractivity contribution in [3.8, 4) is 11.5 Å². The molecule has 5 nitrogen and oxygen atoms in total. The fourth-order valence-electron chi connectivity index (χ4n) is 1.44. The van der Waals surface area contributed by atoms with Crippen LogP contribution in [0.3, 0.4) is 0 Å². The quantitative estimate of drug-likeness (QED) is 0.669. The summed E-state index contributed by atoms with van der Waals surface area (Å²) < 4.78 is 5.00. The summed E-state index contributed by atoms with van der Waals surface area (Å²) in [5.41, 5.74) is 3.45. The van der Waals surface area contributed by atoms with E-state index in [-0.39, 0.29) is 5.75 Å². The Labute approximate surface area is 125 Å². The molecule has 0 radical (unpaired) electrons. The molecule has 0 bridgehead atoms. The Bertz CT molecular complexity index is 648. The highest BCUT2D eigenvalue weighted by atomic mass is 35.5. The van der Waals surface area contributed by atoms with Crippen LogP contribution in [0.2, 0.25) is 10.0 Å². The van der Waals surface area contributed by atoms with Gasteiger partial charge in [-0.25, -0.2) is 4.98 Å². The van der Waals surface area contributed by atoms with Crippen LogP contribution in [0.25, 0.3) is 0 Å². The summed E-state index contributed by atoms with van der Waals surface area (Å²) in [6.45, 7) is 0. The largest absolute Gasteiger partial charge is 0.504 e. The predicted octanol–water partition coefficient (Wildman–Crippen LogP) is 3.55. The van der Waals surface area contributed by atoms with E-state index in [1.54, 1.807) is 24.4 Å². The van der Waals surface area contributed by atoms with Gasteiger partial charge in [0, 0.05) is 6.20 Å². The highest BCUT2D eigenvalue weighted by Crippen LogP contribution is 2.26. The number of halogens is 2. The lowest BCUT2D eigenvalue weighted by Crippen LogP contribution is -1.94. The Kier molecular flexibility index (Phi) is 4.65. The molecular formula is C13H11Cl2N3O2. The first kappa shape index (κ1) is 14.4. The van der Waals surface area contributed by atoms with E-state index < -0.39 is 0 Å². The number of aromatic hydroxyl groups is 1. The first-order valence-corrected chi connectivity index (χ1v) is 6.33. The third kappa shape index (κ3) is 3.53. The number of ether oxygens (including phenoxy) is 1. The van der Waals surface area contributed by atoms with Crippen molar-refractivity contribution in [3.05, 3.63) is 46.1 Å². The van der Waals surface area contributed by atoms with Crippen molar-refractivity contribution in [2.45, 2.75) is 0 Å². The van der Waals surface area contributed by atoms with Crippen LogP contribution in [-0.4, -0.2) is 23.4 Å². The van der Waals surface area contributed by atoms with Gasteiger partial charge >= 0.3 is 0 Å². The van der Waals surface area contributed by atoms with E-state index in [1.165, 1.54) is 19.4 Å². The molecule has 0 saturated carbocycles. The Morgan fingerprint density at radius 2 is 2.15 bits per heavy atom. The average Bonchev–Trinajstić information content (AvgIpc) is 2.43. The van der Waals surface area contributed by atoms with Crippen molar-refractivity contribution >= 4 is 35.2 Å². The van der Waals surface area contributed by atoms with Crippen molar-refractivity contribution in [2.75, 3.05) is 12.5 Å². The molecule has 0 unspecified atom stereocenters. The minimum Gasteiger partial charge on any atom is -0.504 e. The molecule has 0 aliphatic heterocycles. The Balaban J connectivity index is 2.10. The van der Waals surface area contributed by atoms with Gasteiger partial charge in [0.2, 0.25) is 0 Å². The van der Waals surface area contributed by atoms with E-state index in [9.17, 15) is 5.11 Å². The second kappa shape index (κ2) is 6.45. The Morgan fingerprint density at radius 1 is 1.35 bits per heavy atom. The van der Waals surface area contributed by atoms with Crippen LogP contribution in [0.5, 0.6) is 11.5 Å². The summed E-state index contributed by atoms with van der Waals surface area (Å²) in [6, 6.07) is 6.43. The minimum absolute atomic E-state index is 0.0695. The van der Waals surface area contributed by atoms with Gasteiger partial charge in [-0.05, 0) is 29.8 Å². The van der Waals surface area contributed by atoms with Gasteiger partial charge in [-0.2, -0.15) is 5.10 Å². The third-order valence-corrected chi connectivity index (χ3v) is 2.89. The maximum absolute atomic E-state index is 9.48. The number of hydrogen-bond donors (Lipinski definition) is 2. The summed E-state index contributed by atoms with van der Waals surface area (Å²) in [4.78, 5) is 4.00. The normalized spacial score (nSPS) is 10.8. The molecule has 0 spiro atoms. The molecule has 0 aliphatic carbocycles. The molecule has 0 aliphatic rings. The number of rotatable bonds is 4. The number of hydrogen-bond acceptors (Lipinski definition) is 5. The highest BCUT2D eigenvalue weighted by Gasteiger charge is 2.02. The zero-order chi connectivity index (χ0) is 14.5. The van der Waals surface area contributed by atoms with Gasteiger partial charge in [0.25, 0.3) is 0 Å². The Hall–Kier alpha value is -1.98. The van der Waals surface area contributed by atoms with Crippen LogP contribution in [0, 0.1) is 0 Å². The van der Waals surface area contributed by atoms with Gasteiger partial charge < -0.3 is 9.84 Å². The van der Waals surface area contributed by atoms with Crippen LogP contribution in [0.1, 0.15) is 5.56 Å². The molecule has 2 N–H and O–H groups in total. The van der Waals surface area contributed by atoms with Crippen LogP contribution in [-0.2, 0) is 0 Å². The lowest BCUT2D eigenvalue weighted by atomic mass is 10.2. The smallest absolute Gasteiger partial charge is 0.165 e. The van der Waals surface area contributed by atoms with E-state index in [0.29, 0.717) is 21.6 Å². The number of methoxy groups -OCH3 is 1. The maximum Gasteiger partial charge on any atom is 0.165 e. The molecule has 0 atom stereocenters. The zero-order valence-electron chi connectivity index (χ0n) is 10.5. The van der Waals surface area contributed by atoms with Gasteiger partial charge in [0.05, 0.1) is 23.4 Å². The standard InChI is InChI=1S/C13H11Cl2N3O2/c1-20-12-4-8(2-3-11(12)19)6-17-18-13-10(15)5-9(14)7-16-13/h2-7,19H,1H3,(H,16,18)/b17-6+. The molecule has 20 heavy (non-hydrogen) atoms. The third-order valence-electron chi connectivity index (χ3n) is 2.40. The van der Waals surface area contributed by atoms with E-state index >= 15 is 0 Å². The van der Waals surface area contributed by atoms with Gasteiger partial charge in [0.15, 0.2) is 17.3 Å². The molecule has 104 valence electrons. The van der Waals surface area contributed by atoms with Gasteiger partial charge in [-0.15, -0.1) is 0 Å². The number of benzene rings is 1. The fraction of sp³-hybridized carbons (Fsp3) is 0.0769. The molecule has 1 aromatic heterocycles. The molecule has 7 heteroatoms. The molecule has 0 fully saturated rings. The van der Waals surface area contributed by atoms with E-state index in [2.05, 4.69) is 15.5 Å². The lowest BCUT2D eigenvalue weighted by molar-refractivity contribution is 0.373. The summed E-state index contributed by atoms with van der Waals surface area (Å²) in [7, 11) is 1.48. The number of anilines is 1. The monoisotopic (exact) mass is 311 g/mol. The van der Waals surface area contributed by atoms with E-state index in [1.807, 2.05) is 0 Å². The molecule has 0 saturated heterocycles. The number of pyridine rings is 1. The van der Waals surface area contributed by atoms with Crippen molar-refractivity contribution in [3.63, 3.8) is 0 Å². The average molecular weight is 312 g/mol. The molecule has 2 aromatic rings. The second-order valence-corrected chi connectivity index (χ2v) is 4.63. The van der Waals surface area contributed by atoms with Crippen molar-refractivity contribution in [1.82, 2.24) is 4.98 Å². The SMILES string of the molecule is COc1cc(/C=N/Nc2ncc(Cl)cc2Cl)ccc1O. The number of hydrazone groups is 1. The Morgan fingerprint density at radius 3 is 2.85 bits per heavy atom. The molecule has 1 heterocycles. The number of nitrogens with one attached hydrogen (secondary N) is 1. The van der Waals surface area contributed by atoms with Crippen molar-refractivity contribution in [1.29, 1.82) is 0 Å². The first-order valence-electron chi connectivity index (χ1n) is 5.57. The van der Waals surface area contributed by atoms with Crippen LogP contribution in [0.4, 0.5) is 5.82 Å². The minimum atomic E-state index is 0.0695. The molecule has 2 rings (SSSR count). The molecular weight excluding hydrogens is 301 g/mol. The number of phenolic OH excluding ortho intramolecular Hbond substituents is 1. The summed E-state index contributed by atoms with van der Waals surface area (Å²) in [5, 5.41) is 14.3. The zero-order valence-corrected chi connectivity index (χ0v) is 12.0. The fourth-order valence-corrected chi connectivity index (χ4v) is 1.86. The predicted molar refractivity (Wildman–Crippen MR) is 80.1 cm³/mol. The van der Waals surface area contributed by atoms with Crippen molar-refractivity contribution in [2.24, 2.45) is 5.10 Å². The second-order valence-electron chi connectivity index (χ2n) is 3.79. The number of nitrogens with zero attached hydrogens (tertiary/aromatic N) is 2. The maximum atomic E-state index is 9.48. The van der Waals surface area contributed by atoms with Crippen molar-refractivity contribution < 1.29 is 9.84 Å². The van der Waals surface area contributed by atoms with Crippen LogP contribution < -0.4 is 10.2 Å². The van der Waals surface area contributed by atoms with E-state index in [0.717, 1.165) is 5.56 Å². The van der Waals surface area contributed by atoms with E-state index in [4.69, 9.17) is 27.9 Å². The summed E-state index contributed by atoms with van der Waals surface area (Å²) in [5.74, 6) is 0.842. The first-order chi connectivity index (χ1) is 9.60. The topological polar surface area (TPSA) is 66.7 Å². The molecule has 1 aromatic carbocycles. The van der Waals surface area contributed by atoms with Gasteiger partial charge in [-0.3, -0.25) is 5.43 Å². The van der Waals surface area contributed by atoms with Crippen LogP contribution >= 0.6 is 23.2 Å². The summed E-state index contributed by atoms with van der Waals surface area (Å²) in [6.07, 6.45) is 3.02. The highest BCUT2D eigenvalue weighted by molar-refractivity contribution is 6.35. The lowest BCUT2D eigenvalue weighted by Gasteiger charge is -2.04. The van der Waals surface area contributed by atoms with Crippen LogP contribution in [0.15, 0.2) is 35.6 Å². The number of phenols is 1. The van der Waals surface area contributed by atoms with Gasteiger partial charge in [-0.1, -0.05) is 23.2 Å². The summed E-state index contributed by atoms with van der Waals surface area (Å²) >= 11 is 11.7. The number of aromatic nitrogens is 1. The molecule has 0 amide bonds. The van der Waals surface area contributed by atoms with Gasteiger partial charge in [0.1, 0.15) is 0 Å².